The van der Waals surface area contributed by atoms with Gasteiger partial charge in [-0.05, 0) is 23.9 Å². The second-order valence-corrected chi connectivity index (χ2v) is 8.40. The van der Waals surface area contributed by atoms with Crippen LogP contribution in [0.2, 0.25) is 0 Å². The minimum absolute atomic E-state index is 0.113. The van der Waals surface area contributed by atoms with Crippen LogP contribution < -0.4 is 0 Å². The predicted octanol–water partition coefficient (Wildman–Crippen LogP) is 2.58. The largest absolute Gasteiger partial charge is 0.457 e. The van der Waals surface area contributed by atoms with E-state index in [1.807, 2.05) is 0 Å². The van der Waals surface area contributed by atoms with Crippen LogP contribution in [-0.4, -0.2) is 37.2 Å². The summed E-state index contributed by atoms with van der Waals surface area (Å²) >= 11 is 1.05. The van der Waals surface area contributed by atoms with Gasteiger partial charge in [-0.2, -0.15) is 4.31 Å². The lowest BCUT2D eigenvalue weighted by Crippen LogP contribution is -2.33. The highest BCUT2D eigenvalue weighted by Gasteiger charge is 2.25. The highest BCUT2D eigenvalue weighted by Crippen LogP contribution is 2.23. The number of benzene rings is 1. The Balaban J connectivity index is 2.02. The number of nitro groups is 1. The number of carbonyl (C=O) groups is 1. The van der Waals surface area contributed by atoms with Gasteiger partial charge in [-0.25, -0.2) is 8.42 Å². The normalized spacial score (nSPS) is 12.8. The number of thiophene rings is 1. The van der Waals surface area contributed by atoms with E-state index in [2.05, 4.69) is 0 Å². The molecule has 25 heavy (non-hydrogen) atoms. The van der Waals surface area contributed by atoms with Crippen molar-refractivity contribution in [3.63, 3.8) is 0 Å². The number of esters is 1. The lowest BCUT2D eigenvalue weighted by atomic mass is 10.1. The Morgan fingerprint density at radius 2 is 2.08 bits per heavy atom. The average Bonchev–Trinajstić information content (AvgIpc) is 3.09. The Morgan fingerprint density at radius 3 is 2.68 bits per heavy atom. The Morgan fingerprint density at radius 1 is 1.36 bits per heavy atom. The maximum absolute atomic E-state index is 12.3. The number of rotatable bonds is 7. The van der Waals surface area contributed by atoms with Crippen LogP contribution in [0.3, 0.4) is 0 Å². The highest BCUT2D eigenvalue weighted by molar-refractivity contribution is 7.91. The van der Waals surface area contributed by atoms with Gasteiger partial charge in [0.25, 0.3) is 15.7 Å². The number of nitrogens with zero attached hydrogens (tertiary/aromatic N) is 2. The van der Waals surface area contributed by atoms with Gasteiger partial charge in [-0.15, -0.1) is 11.3 Å². The van der Waals surface area contributed by atoms with E-state index in [0.29, 0.717) is 5.56 Å². The third-order valence-electron chi connectivity index (χ3n) is 3.37. The smallest absolute Gasteiger partial charge is 0.321 e. The lowest BCUT2D eigenvalue weighted by Gasteiger charge is -2.18. The van der Waals surface area contributed by atoms with E-state index in [1.54, 1.807) is 24.4 Å². The fourth-order valence-corrected chi connectivity index (χ4v) is 4.34. The molecule has 0 aliphatic heterocycles. The molecule has 0 aliphatic carbocycles. The summed E-state index contributed by atoms with van der Waals surface area (Å²) in [5.41, 5.74) is 0.337. The fraction of sp³-hybridized carbons (Fsp3) is 0.267. The van der Waals surface area contributed by atoms with Crippen molar-refractivity contribution >= 4 is 33.0 Å². The lowest BCUT2D eigenvalue weighted by molar-refractivity contribution is -0.385. The Hall–Kier alpha value is -2.30. The molecule has 0 radical (unpaired) electrons. The quantitative estimate of drug-likeness (QED) is 0.412. The SMILES string of the molecule is C[C@@H](OC(=O)CN(C)S(=O)(=O)c1cccs1)c1cccc([N+](=O)[O-])c1. The third-order valence-corrected chi connectivity index (χ3v) is 6.55. The van der Waals surface area contributed by atoms with Gasteiger partial charge in [-0.3, -0.25) is 14.9 Å². The maximum atomic E-state index is 12.3. The molecule has 0 fully saturated rings. The zero-order chi connectivity index (χ0) is 18.6. The number of hydrogen-bond donors (Lipinski definition) is 0. The molecule has 0 unspecified atom stereocenters. The van der Waals surface area contributed by atoms with Crippen LogP contribution in [0.5, 0.6) is 0 Å². The standard InChI is InChI=1S/C15H16N2O6S2/c1-11(12-5-3-6-13(9-12)17(19)20)23-14(18)10-16(2)25(21,22)15-7-4-8-24-15/h3-9,11H,10H2,1-2H3/t11-/m1/s1. The molecule has 1 aromatic heterocycles. The summed E-state index contributed by atoms with van der Waals surface area (Å²) in [6, 6.07) is 8.79. The molecule has 8 nitrogen and oxygen atoms in total. The number of carbonyl (C=O) groups excluding carboxylic acids is 1. The molecule has 0 saturated carbocycles. The fourth-order valence-electron chi connectivity index (χ4n) is 2.02. The van der Waals surface area contributed by atoms with Crippen molar-refractivity contribution in [3.05, 3.63) is 57.5 Å². The van der Waals surface area contributed by atoms with Gasteiger partial charge in [0.15, 0.2) is 0 Å². The van der Waals surface area contributed by atoms with Gasteiger partial charge < -0.3 is 4.74 Å². The molecule has 0 spiro atoms. The van der Waals surface area contributed by atoms with Crippen LogP contribution in [0.4, 0.5) is 5.69 Å². The average molecular weight is 384 g/mol. The van der Waals surface area contributed by atoms with Crippen molar-refractivity contribution in [2.75, 3.05) is 13.6 Å². The zero-order valence-corrected chi connectivity index (χ0v) is 15.1. The summed E-state index contributed by atoms with van der Waals surface area (Å²) in [4.78, 5) is 22.3. The molecule has 134 valence electrons. The number of nitro benzene ring substituents is 1. The van der Waals surface area contributed by atoms with Crippen molar-refractivity contribution in [1.82, 2.24) is 4.31 Å². The number of non-ortho nitro benzene ring substituents is 1. The summed E-state index contributed by atoms with van der Waals surface area (Å²) in [7, 11) is -2.46. The number of hydrogen-bond acceptors (Lipinski definition) is 7. The summed E-state index contributed by atoms with van der Waals surface area (Å²) in [6.45, 7) is 1.10. The Bertz CT molecular complexity index is 864. The van der Waals surface area contributed by atoms with E-state index >= 15 is 0 Å². The first-order valence-electron chi connectivity index (χ1n) is 7.15. The van der Waals surface area contributed by atoms with Gasteiger partial charge in [0.05, 0.1) is 4.92 Å². The van der Waals surface area contributed by atoms with Gasteiger partial charge in [0.1, 0.15) is 16.9 Å². The summed E-state index contributed by atoms with van der Waals surface area (Å²) in [5, 5.41) is 12.4. The van der Waals surface area contributed by atoms with E-state index in [4.69, 9.17) is 4.74 Å². The van der Waals surface area contributed by atoms with E-state index in [-0.39, 0.29) is 9.90 Å². The molecule has 0 bridgehead atoms. The molecule has 1 aromatic carbocycles. The van der Waals surface area contributed by atoms with Crippen molar-refractivity contribution in [3.8, 4) is 0 Å². The van der Waals surface area contributed by atoms with Crippen LogP contribution in [0.25, 0.3) is 0 Å². The molecule has 1 heterocycles. The molecule has 0 saturated heterocycles. The van der Waals surface area contributed by atoms with E-state index in [1.165, 1.54) is 31.3 Å². The van der Waals surface area contributed by atoms with Crippen molar-refractivity contribution in [2.24, 2.45) is 0 Å². The molecule has 0 amide bonds. The molecular weight excluding hydrogens is 368 g/mol. The second-order valence-electron chi connectivity index (χ2n) is 5.18. The first-order valence-corrected chi connectivity index (χ1v) is 9.47. The summed E-state index contributed by atoms with van der Waals surface area (Å²) in [5.74, 6) is -0.748. The van der Waals surface area contributed by atoms with Crippen molar-refractivity contribution in [2.45, 2.75) is 17.2 Å². The van der Waals surface area contributed by atoms with Crippen LogP contribution in [0.15, 0.2) is 46.0 Å². The molecule has 0 aliphatic rings. The summed E-state index contributed by atoms with van der Waals surface area (Å²) < 4.78 is 30.7. The van der Waals surface area contributed by atoms with Gasteiger partial charge in [0, 0.05) is 19.2 Å². The highest BCUT2D eigenvalue weighted by atomic mass is 32.2. The number of likely N-dealkylation sites (N-methyl/N-ethyl adjacent to an activating group) is 1. The number of ether oxygens (including phenoxy) is 1. The topological polar surface area (TPSA) is 107 Å². The summed E-state index contributed by atoms with van der Waals surface area (Å²) in [6.07, 6.45) is -0.745. The minimum atomic E-state index is -3.75. The predicted molar refractivity (Wildman–Crippen MR) is 91.7 cm³/mol. The third kappa shape index (κ3) is 4.62. The van der Waals surface area contributed by atoms with Crippen LogP contribution in [0.1, 0.15) is 18.6 Å². The molecule has 1 atom stereocenters. The van der Waals surface area contributed by atoms with Crippen molar-refractivity contribution in [1.29, 1.82) is 0 Å². The first kappa shape index (κ1) is 19.0. The first-order chi connectivity index (χ1) is 11.7. The second kappa shape index (κ2) is 7.72. The van der Waals surface area contributed by atoms with E-state index in [9.17, 15) is 23.3 Å². The van der Waals surface area contributed by atoms with E-state index in [0.717, 1.165) is 15.6 Å². The van der Waals surface area contributed by atoms with Crippen molar-refractivity contribution < 1.29 is 22.9 Å². The molecular formula is C15H16N2O6S2. The molecule has 2 aromatic rings. The molecule has 2 rings (SSSR count). The molecule has 10 heteroatoms. The number of sulfonamides is 1. The Labute approximate surface area is 148 Å². The van der Waals surface area contributed by atoms with Gasteiger partial charge in [0.2, 0.25) is 0 Å². The monoisotopic (exact) mass is 384 g/mol. The van der Waals surface area contributed by atoms with Crippen LogP contribution >= 0.6 is 11.3 Å². The van der Waals surface area contributed by atoms with E-state index < -0.39 is 33.6 Å². The minimum Gasteiger partial charge on any atom is -0.457 e. The van der Waals surface area contributed by atoms with Gasteiger partial charge >= 0.3 is 5.97 Å². The molecule has 0 N–H and O–H groups in total. The van der Waals surface area contributed by atoms with Gasteiger partial charge in [-0.1, -0.05) is 18.2 Å². The van der Waals surface area contributed by atoms with Crippen LogP contribution in [0, 0.1) is 10.1 Å². The zero-order valence-electron chi connectivity index (χ0n) is 13.5. The van der Waals surface area contributed by atoms with Crippen LogP contribution in [-0.2, 0) is 19.6 Å². The maximum Gasteiger partial charge on any atom is 0.321 e. The Kier molecular flexibility index (Phi) is 5.88.